The molecule has 1 N–H and O–H groups in total. The maximum atomic E-state index is 11.1. The predicted molar refractivity (Wildman–Crippen MR) is 58.8 cm³/mol. The molecule has 0 aliphatic carbocycles. The highest BCUT2D eigenvalue weighted by Gasteiger charge is 2.21. The SMILES string of the molecule is CCOC(=O)CNc1ncnc(Cl)c1[N+](=O)[O-]. The zero-order chi connectivity index (χ0) is 12.8. The number of aromatic nitrogens is 2. The van der Waals surface area contributed by atoms with E-state index in [0.29, 0.717) is 0 Å². The number of hydrogen-bond donors (Lipinski definition) is 1. The van der Waals surface area contributed by atoms with Crippen LogP contribution >= 0.6 is 11.6 Å². The average Bonchev–Trinajstić information content (AvgIpc) is 2.26. The molecule has 0 saturated heterocycles. The van der Waals surface area contributed by atoms with Gasteiger partial charge in [0.25, 0.3) is 0 Å². The summed E-state index contributed by atoms with van der Waals surface area (Å²) in [5.74, 6) is -0.667. The van der Waals surface area contributed by atoms with Gasteiger partial charge in [-0.2, -0.15) is 0 Å². The zero-order valence-corrected chi connectivity index (χ0v) is 9.60. The van der Waals surface area contributed by atoms with E-state index in [0.717, 1.165) is 6.33 Å². The first kappa shape index (κ1) is 13.1. The molecule has 1 heterocycles. The quantitative estimate of drug-likeness (QED) is 0.364. The lowest BCUT2D eigenvalue weighted by atomic mass is 10.4. The summed E-state index contributed by atoms with van der Waals surface area (Å²) >= 11 is 5.55. The molecule has 0 aliphatic rings. The summed E-state index contributed by atoms with van der Waals surface area (Å²) in [5.41, 5.74) is -0.474. The number of hydrogen-bond acceptors (Lipinski definition) is 7. The molecule has 8 nitrogen and oxygen atoms in total. The first-order chi connectivity index (χ1) is 8.06. The highest BCUT2D eigenvalue weighted by molar-refractivity contribution is 6.31. The van der Waals surface area contributed by atoms with Crippen LogP contribution in [0.2, 0.25) is 5.15 Å². The van der Waals surface area contributed by atoms with Crippen LogP contribution < -0.4 is 5.32 Å². The Morgan fingerprint density at radius 1 is 1.65 bits per heavy atom. The van der Waals surface area contributed by atoms with Crippen molar-refractivity contribution in [2.75, 3.05) is 18.5 Å². The van der Waals surface area contributed by atoms with Gasteiger partial charge >= 0.3 is 11.7 Å². The summed E-state index contributed by atoms with van der Waals surface area (Å²) in [5, 5.41) is 12.9. The van der Waals surface area contributed by atoms with Crippen molar-refractivity contribution >= 4 is 29.1 Å². The van der Waals surface area contributed by atoms with E-state index >= 15 is 0 Å². The molecule has 0 aliphatic heterocycles. The minimum atomic E-state index is -0.726. The van der Waals surface area contributed by atoms with Crippen LogP contribution in [0.25, 0.3) is 0 Å². The van der Waals surface area contributed by atoms with Crippen molar-refractivity contribution in [1.29, 1.82) is 0 Å². The molecule has 0 radical (unpaired) electrons. The Morgan fingerprint density at radius 3 is 2.94 bits per heavy atom. The topological polar surface area (TPSA) is 107 Å². The Balaban J connectivity index is 2.81. The van der Waals surface area contributed by atoms with E-state index in [2.05, 4.69) is 20.0 Å². The molecule has 0 aromatic carbocycles. The molecule has 0 fully saturated rings. The van der Waals surface area contributed by atoms with Crippen LogP contribution in [-0.4, -0.2) is 34.0 Å². The Kier molecular flexibility index (Phi) is 4.58. The molecular weight excluding hydrogens is 252 g/mol. The highest BCUT2D eigenvalue weighted by atomic mass is 35.5. The molecular formula is C8H9ClN4O4. The summed E-state index contributed by atoms with van der Waals surface area (Å²) in [7, 11) is 0. The van der Waals surface area contributed by atoms with E-state index in [9.17, 15) is 14.9 Å². The van der Waals surface area contributed by atoms with Crippen LogP contribution in [0.4, 0.5) is 11.5 Å². The maximum Gasteiger partial charge on any atom is 0.348 e. The monoisotopic (exact) mass is 260 g/mol. The maximum absolute atomic E-state index is 11.1. The lowest BCUT2D eigenvalue weighted by Crippen LogP contribution is -2.18. The van der Waals surface area contributed by atoms with Gasteiger partial charge < -0.3 is 10.1 Å². The molecule has 0 unspecified atom stereocenters. The van der Waals surface area contributed by atoms with Crippen LogP contribution in [0.1, 0.15) is 6.92 Å². The summed E-state index contributed by atoms with van der Waals surface area (Å²) in [4.78, 5) is 28.1. The van der Waals surface area contributed by atoms with Gasteiger partial charge in [0.05, 0.1) is 11.5 Å². The van der Waals surface area contributed by atoms with Crippen molar-refractivity contribution in [3.05, 3.63) is 21.6 Å². The number of halogens is 1. The highest BCUT2D eigenvalue weighted by Crippen LogP contribution is 2.27. The number of ether oxygens (including phenoxy) is 1. The van der Waals surface area contributed by atoms with Crippen molar-refractivity contribution in [2.45, 2.75) is 6.92 Å². The fraction of sp³-hybridized carbons (Fsp3) is 0.375. The minimum Gasteiger partial charge on any atom is -0.465 e. The molecule has 0 atom stereocenters. The predicted octanol–water partition coefficient (Wildman–Crippen LogP) is 1.01. The number of anilines is 1. The zero-order valence-electron chi connectivity index (χ0n) is 8.84. The normalized spacial score (nSPS) is 9.76. The van der Waals surface area contributed by atoms with Gasteiger partial charge in [-0.25, -0.2) is 9.97 Å². The first-order valence-corrected chi connectivity index (χ1v) is 4.98. The third-order valence-electron chi connectivity index (χ3n) is 1.67. The molecule has 17 heavy (non-hydrogen) atoms. The molecule has 1 rings (SSSR count). The van der Waals surface area contributed by atoms with Gasteiger partial charge in [0.15, 0.2) is 0 Å². The van der Waals surface area contributed by atoms with Gasteiger partial charge in [-0.1, -0.05) is 11.6 Å². The lowest BCUT2D eigenvalue weighted by molar-refractivity contribution is -0.384. The number of carbonyl (C=O) groups is 1. The minimum absolute atomic E-state index is 0.122. The van der Waals surface area contributed by atoms with Crippen LogP contribution in [0.5, 0.6) is 0 Å². The number of nitro groups is 1. The molecule has 92 valence electrons. The second-order valence-corrected chi connectivity index (χ2v) is 3.14. The number of nitrogens with one attached hydrogen (secondary N) is 1. The molecule has 1 aromatic heterocycles. The number of esters is 1. The van der Waals surface area contributed by atoms with Crippen LogP contribution in [0.15, 0.2) is 6.33 Å². The Hall–Kier alpha value is -1.96. The van der Waals surface area contributed by atoms with E-state index in [-0.39, 0.29) is 24.1 Å². The van der Waals surface area contributed by atoms with Crippen molar-refractivity contribution < 1.29 is 14.5 Å². The number of carbonyl (C=O) groups excluding carboxylic acids is 1. The molecule has 0 spiro atoms. The fourth-order valence-electron chi connectivity index (χ4n) is 1.02. The summed E-state index contributed by atoms with van der Waals surface area (Å²) in [6.45, 7) is 1.65. The second kappa shape index (κ2) is 5.94. The fourth-order valence-corrected chi connectivity index (χ4v) is 1.22. The van der Waals surface area contributed by atoms with Gasteiger partial charge in [0.2, 0.25) is 11.0 Å². The number of rotatable bonds is 5. The molecule has 0 bridgehead atoms. The van der Waals surface area contributed by atoms with Crippen molar-refractivity contribution in [3.8, 4) is 0 Å². The van der Waals surface area contributed by atoms with Crippen molar-refractivity contribution in [3.63, 3.8) is 0 Å². The average molecular weight is 261 g/mol. The summed E-state index contributed by atoms with van der Waals surface area (Å²) in [6, 6.07) is 0. The van der Waals surface area contributed by atoms with Gasteiger partial charge in [0, 0.05) is 0 Å². The van der Waals surface area contributed by atoms with E-state index in [1.807, 2.05) is 0 Å². The largest absolute Gasteiger partial charge is 0.465 e. The smallest absolute Gasteiger partial charge is 0.348 e. The Bertz CT molecular complexity index is 440. The van der Waals surface area contributed by atoms with E-state index in [1.54, 1.807) is 6.92 Å². The second-order valence-electron chi connectivity index (χ2n) is 2.78. The summed E-state index contributed by atoms with van der Waals surface area (Å²) < 4.78 is 4.65. The van der Waals surface area contributed by atoms with E-state index < -0.39 is 16.6 Å². The van der Waals surface area contributed by atoms with E-state index in [1.165, 1.54) is 0 Å². The van der Waals surface area contributed by atoms with E-state index in [4.69, 9.17) is 11.6 Å². The molecule has 0 amide bonds. The standard InChI is InChI=1S/C8H9ClN4O4/c1-2-17-5(14)3-10-8-6(13(15)16)7(9)11-4-12-8/h4H,2-3H2,1H3,(H,10,11,12). The molecule has 9 heteroatoms. The van der Waals surface area contributed by atoms with Gasteiger partial charge in [-0.3, -0.25) is 14.9 Å². The molecule has 0 saturated carbocycles. The van der Waals surface area contributed by atoms with Gasteiger partial charge in [-0.05, 0) is 6.92 Å². The third-order valence-corrected chi connectivity index (χ3v) is 1.94. The van der Waals surface area contributed by atoms with Crippen LogP contribution in [-0.2, 0) is 9.53 Å². The van der Waals surface area contributed by atoms with Crippen LogP contribution in [0.3, 0.4) is 0 Å². The lowest BCUT2D eigenvalue weighted by Gasteiger charge is -2.05. The van der Waals surface area contributed by atoms with Gasteiger partial charge in [-0.15, -0.1) is 0 Å². The first-order valence-electron chi connectivity index (χ1n) is 4.60. The Labute approximate surface area is 101 Å². The number of nitrogens with zero attached hydrogens (tertiary/aromatic N) is 3. The third kappa shape index (κ3) is 3.52. The van der Waals surface area contributed by atoms with Crippen molar-refractivity contribution in [2.24, 2.45) is 0 Å². The van der Waals surface area contributed by atoms with Crippen LogP contribution in [0, 0.1) is 10.1 Å². The summed E-state index contributed by atoms with van der Waals surface area (Å²) in [6.07, 6.45) is 1.06. The van der Waals surface area contributed by atoms with Crippen molar-refractivity contribution in [1.82, 2.24) is 9.97 Å². The molecule has 1 aromatic rings. The Morgan fingerprint density at radius 2 is 2.35 bits per heavy atom. The van der Waals surface area contributed by atoms with Gasteiger partial charge in [0.1, 0.15) is 12.9 Å².